The van der Waals surface area contributed by atoms with E-state index in [2.05, 4.69) is 198 Å². The first kappa shape index (κ1) is 44.1. The number of benzene rings is 6. The molecule has 0 N–H and O–H groups in total. The predicted octanol–water partition coefficient (Wildman–Crippen LogP) is 14.6. The maximum Gasteiger partial charge on any atom is 0.0798 e. The van der Waals surface area contributed by atoms with Crippen LogP contribution in [-0.2, 0) is 32.9 Å². The normalized spacial score (nSPS) is 11.7. The van der Waals surface area contributed by atoms with Crippen LogP contribution in [0.3, 0.4) is 0 Å². The van der Waals surface area contributed by atoms with E-state index in [0.717, 1.165) is 52.2 Å². The summed E-state index contributed by atoms with van der Waals surface area (Å²) in [6.45, 7) is 20.7. The molecule has 0 aliphatic rings. The van der Waals surface area contributed by atoms with Crippen molar-refractivity contribution in [3.8, 4) is 39.5 Å². The second-order valence-corrected chi connectivity index (χ2v) is 24.0. The van der Waals surface area contributed by atoms with Crippen molar-refractivity contribution in [2.75, 3.05) is 0 Å². The number of hydrogen-bond acceptors (Lipinski definition) is 3. The van der Waals surface area contributed by atoms with E-state index < -0.39 is 8.07 Å². The fourth-order valence-electron chi connectivity index (χ4n) is 8.60. The SMILES string of the molecule is CC(C)Cc1cc(-c2[c-]cccc2)ncc1[Si](C)(C)C.Cc1cc(-n2c(-c3[c-]sc4cc5cc(CC(C)C)ccc5cc34)nc3ccccc32)cc(C)c1-c1ccccc1.[Ir]. The Morgan fingerprint density at radius 3 is 2.11 bits per heavy atom. The fourth-order valence-corrected chi connectivity index (χ4v) is 11.1. The zero-order valence-corrected chi connectivity index (χ0v) is 41.1. The van der Waals surface area contributed by atoms with E-state index in [-0.39, 0.29) is 20.1 Å². The molecule has 3 aromatic heterocycles. The molecule has 0 saturated heterocycles. The molecule has 61 heavy (non-hydrogen) atoms. The first-order chi connectivity index (χ1) is 28.8. The van der Waals surface area contributed by atoms with Gasteiger partial charge in [-0.3, -0.25) is 16.3 Å². The van der Waals surface area contributed by atoms with Gasteiger partial charge in [0.1, 0.15) is 0 Å². The van der Waals surface area contributed by atoms with Gasteiger partial charge in [0.05, 0.1) is 24.9 Å². The van der Waals surface area contributed by atoms with Gasteiger partial charge < -0.3 is 9.55 Å². The van der Waals surface area contributed by atoms with E-state index in [1.165, 1.54) is 59.4 Å². The molecule has 9 rings (SSSR count). The molecule has 0 amide bonds. The summed E-state index contributed by atoms with van der Waals surface area (Å²) in [4.78, 5) is 9.87. The minimum Gasteiger partial charge on any atom is -0.333 e. The third kappa shape index (κ3) is 9.59. The second kappa shape index (κ2) is 18.6. The van der Waals surface area contributed by atoms with Crippen LogP contribution >= 0.6 is 11.3 Å². The van der Waals surface area contributed by atoms with Crippen molar-refractivity contribution >= 4 is 56.5 Å². The smallest absolute Gasteiger partial charge is 0.0798 e. The predicted molar refractivity (Wildman–Crippen MR) is 262 cm³/mol. The Hall–Kier alpha value is -4.97. The van der Waals surface area contributed by atoms with Crippen LogP contribution in [0.15, 0.2) is 134 Å². The molecule has 3 heterocycles. The van der Waals surface area contributed by atoms with Gasteiger partial charge in [-0.15, -0.1) is 41.3 Å². The zero-order valence-electron chi connectivity index (χ0n) is 36.9. The molecule has 1 radical (unpaired) electrons. The summed E-state index contributed by atoms with van der Waals surface area (Å²) < 4.78 is 3.56. The number of rotatable bonds is 9. The van der Waals surface area contributed by atoms with Crippen molar-refractivity contribution in [3.05, 3.63) is 167 Å². The first-order valence-corrected chi connectivity index (χ1v) is 25.6. The maximum atomic E-state index is 5.19. The Labute approximate surface area is 381 Å². The van der Waals surface area contributed by atoms with Gasteiger partial charge in [-0.2, -0.15) is 0 Å². The van der Waals surface area contributed by atoms with Gasteiger partial charge in [0.15, 0.2) is 0 Å². The number of hydrogen-bond donors (Lipinski definition) is 0. The van der Waals surface area contributed by atoms with Crippen LogP contribution < -0.4 is 5.19 Å². The Morgan fingerprint density at radius 2 is 1.43 bits per heavy atom. The largest absolute Gasteiger partial charge is 0.333 e. The standard InChI is InChI=1S/C37H31N2S.C18H24NSi.Ir/c1-23(2)16-26-14-15-28-20-31-32(22-40-35(31)21-29(28)19-26)37-38-33-12-8-9-13-34(33)39(37)30-17-24(3)36(25(4)18-30)27-10-6-5-7-11-27;1-14(2)11-16-12-17(15-9-7-6-8-10-15)19-13-18(16)20(3,4)5;/h5-15,17-21,23H,16H2,1-4H3;6-9,12-14H,11H2,1-5H3;/q2*-1;. The van der Waals surface area contributed by atoms with Crippen LogP contribution in [0.4, 0.5) is 0 Å². The van der Waals surface area contributed by atoms with Crippen LogP contribution in [0, 0.1) is 37.1 Å². The molecule has 9 aromatic rings. The van der Waals surface area contributed by atoms with Crippen molar-refractivity contribution in [1.82, 2.24) is 14.5 Å². The van der Waals surface area contributed by atoms with E-state index in [0.29, 0.717) is 11.8 Å². The Bertz CT molecular complexity index is 2920. The molecule has 3 nitrogen and oxygen atoms in total. The molecule has 0 spiro atoms. The van der Waals surface area contributed by atoms with Gasteiger partial charge in [-0.05, 0) is 112 Å². The molecule has 6 aromatic carbocycles. The van der Waals surface area contributed by atoms with Gasteiger partial charge in [-0.1, -0.05) is 147 Å². The number of thiophene rings is 1. The second-order valence-electron chi connectivity index (χ2n) is 18.1. The van der Waals surface area contributed by atoms with Crippen molar-refractivity contribution < 1.29 is 20.1 Å². The molecular weight excluding hydrogens is 955 g/mol. The summed E-state index contributed by atoms with van der Waals surface area (Å²) in [6.07, 6.45) is 4.34. The molecule has 0 bridgehead atoms. The van der Waals surface area contributed by atoms with E-state index in [1.807, 2.05) is 18.2 Å². The van der Waals surface area contributed by atoms with Crippen molar-refractivity contribution in [1.29, 1.82) is 0 Å². The molecule has 311 valence electrons. The van der Waals surface area contributed by atoms with Gasteiger partial charge in [0.25, 0.3) is 0 Å². The Kier molecular flexibility index (Phi) is 13.4. The zero-order chi connectivity index (χ0) is 42.1. The summed E-state index contributed by atoms with van der Waals surface area (Å²) in [6, 6.07) is 48.9. The monoisotopic (exact) mass is 1010 g/mol. The quantitative estimate of drug-likeness (QED) is 0.107. The third-order valence-electron chi connectivity index (χ3n) is 11.2. The topological polar surface area (TPSA) is 30.7 Å². The van der Waals surface area contributed by atoms with Crippen LogP contribution in [0.25, 0.3) is 71.4 Å². The van der Waals surface area contributed by atoms with Crippen molar-refractivity contribution in [2.45, 2.75) is 74.0 Å². The fraction of sp³-hybridized carbons (Fsp3) is 0.236. The number of aromatic nitrogens is 3. The van der Waals surface area contributed by atoms with Gasteiger partial charge in [-0.25, -0.2) is 0 Å². The molecule has 6 heteroatoms. The summed E-state index contributed by atoms with van der Waals surface area (Å²) in [5.41, 5.74) is 14.4. The van der Waals surface area contributed by atoms with Gasteiger partial charge in [0, 0.05) is 32.0 Å². The summed E-state index contributed by atoms with van der Waals surface area (Å²) in [5.74, 6) is 2.25. The minimum absolute atomic E-state index is 0. The first-order valence-electron chi connectivity index (χ1n) is 21.3. The van der Waals surface area contributed by atoms with Crippen LogP contribution in [-0.4, -0.2) is 22.6 Å². The van der Waals surface area contributed by atoms with Crippen LogP contribution in [0.5, 0.6) is 0 Å². The minimum atomic E-state index is -1.34. The average Bonchev–Trinajstić information content (AvgIpc) is 3.81. The molecule has 0 unspecified atom stereocenters. The van der Waals surface area contributed by atoms with E-state index in [4.69, 9.17) is 4.98 Å². The summed E-state index contributed by atoms with van der Waals surface area (Å²) >= 11 is 1.68. The van der Waals surface area contributed by atoms with Crippen molar-refractivity contribution in [2.24, 2.45) is 11.8 Å². The van der Waals surface area contributed by atoms with Crippen molar-refractivity contribution in [3.63, 3.8) is 0 Å². The summed E-state index contributed by atoms with van der Waals surface area (Å²) in [5, 5.41) is 8.90. The van der Waals surface area contributed by atoms with Gasteiger partial charge in [0.2, 0.25) is 0 Å². The van der Waals surface area contributed by atoms with E-state index >= 15 is 0 Å². The number of nitrogens with zero attached hydrogens (tertiary/aromatic N) is 3. The average molecular weight is 1010 g/mol. The molecule has 0 aliphatic heterocycles. The molecule has 0 atom stereocenters. The maximum absolute atomic E-state index is 5.19. The van der Waals surface area contributed by atoms with Gasteiger partial charge >= 0.3 is 0 Å². The molecular formula is C55H55IrN3SSi-2. The van der Waals surface area contributed by atoms with Crippen LogP contribution in [0.1, 0.15) is 49.9 Å². The number of fused-ring (bicyclic) bond motifs is 3. The number of imidazole rings is 1. The number of para-hydroxylation sites is 2. The third-order valence-corrected chi connectivity index (χ3v) is 14.1. The van der Waals surface area contributed by atoms with E-state index in [9.17, 15) is 0 Å². The number of pyridine rings is 1. The molecule has 0 fully saturated rings. The van der Waals surface area contributed by atoms with E-state index in [1.54, 1.807) is 11.3 Å². The van der Waals surface area contributed by atoms with Crippen LogP contribution in [0.2, 0.25) is 19.6 Å². The molecule has 0 saturated carbocycles. The number of aryl methyl sites for hydroxylation is 2. The Morgan fingerprint density at radius 1 is 0.721 bits per heavy atom. The Balaban J connectivity index is 0.000000226. The molecule has 0 aliphatic carbocycles. The summed E-state index contributed by atoms with van der Waals surface area (Å²) in [7, 11) is -1.34.